The van der Waals surface area contributed by atoms with Gasteiger partial charge >= 0.3 is 10.4 Å². The SMILES string of the molecule is CCCC[C@H](CCCCCCCCCCCCCCCOS(=O)(=O)O)O[C@@H]1O[C@@H](C)[C@@H](O)[C@@H](O)[C@@H]1O[C@@H]1O[C@@H](C)[C@@H](O)[C@@H](O)[C@@H]1O. The first-order chi connectivity index (χ1) is 21.9. The number of unbranched alkanes of at least 4 members (excludes halogenated alkanes) is 13. The Hall–Kier alpha value is -0.490. The fourth-order valence-electron chi connectivity index (χ4n) is 6.02. The molecule has 0 aromatic heterocycles. The predicted octanol–water partition coefficient (Wildman–Crippen LogP) is 3.52. The van der Waals surface area contributed by atoms with Gasteiger partial charge in [-0.2, -0.15) is 8.42 Å². The first kappa shape index (κ1) is 41.7. The van der Waals surface area contributed by atoms with Gasteiger partial charge in [-0.1, -0.05) is 96.8 Å². The lowest BCUT2D eigenvalue weighted by molar-refractivity contribution is -0.366. The number of hydrogen-bond acceptors (Lipinski definition) is 12. The summed E-state index contributed by atoms with van der Waals surface area (Å²) in [5.74, 6) is 0. The van der Waals surface area contributed by atoms with E-state index < -0.39 is 71.8 Å². The van der Waals surface area contributed by atoms with Crippen molar-refractivity contribution < 1.29 is 61.6 Å². The van der Waals surface area contributed by atoms with Crippen molar-refractivity contribution in [2.45, 2.75) is 197 Å². The maximum Gasteiger partial charge on any atom is 0.397 e. The molecule has 0 unspecified atom stereocenters. The van der Waals surface area contributed by atoms with E-state index in [1.54, 1.807) is 13.8 Å². The third kappa shape index (κ3) is 15.4. The van der Waals surface area contributed by atoms with E-state index in [0.717, 1.165) is 64.2 Å². The zero-order valence-electron chi connectivity index (χ0n) is 28.0. The molecule has 14 heteroatoms. The van der Waals surface area contributed by atoms with Crippen LogP contribution in [0.3, 0.4) is 0 Å². The van der Waals surface area contributed by atoms with E-state index in [4.69, 9.17) is 23.5 Å². The number of ether oxygens (including phenoxy) is 4. The van der Waals surface area contributed by atoms with Crippen molar-refractivity contribution in [2.24, 2.45) is 0 Å². The molecule has 274 valence electrons. The van der Waals surface area contributed by atoms with Crippen LogP contribution in [0.1, 0.15) is 130 Å². The largest absolute Gasteiger partial charge is 0.397 e. The van der Waals surface area contributed by atoms with E-state index in [1.807, 2.05) is 0 Å². The molecule has 2 aliphatic rings. The Morgan fingerprint density at radius 1 is 0.609 bits per heavy atom. The van der Waals surface area contributed by atoms with Crippen LogP contribution in [0.4, 0.5) is 0 Å². The number of aliphatic hydroxyl groups excluding tert-OH is 5. The molecule has 2 rings (SSSR count). The molecule has 2 heterocycles. The highest BCUT2D eigenvalue weighted by Gasteiger charge is 2.50. The maximum absolute atomic E-state index is 10.9. The van der Waals surface area contributed by atoms with Gasteiger partial charge in [-0.05, 0) is 33.1 Å². The van der Waals surface area contributed by atoms with Crippen LogP contribution in [-0.4, -0.2) is 113 Å². The van der Waals surface area contributed by atoms with E-state index in [1.165, 1.54) is 38.5 Å². The standard InChI is InChI=1S/C32H62O13S/c1-4-5-19-24(20-17-15-13-11-9-7-6-8-10-12-14-16-18-21-41-46(38,39)40)44-32-30(28(36)26(34)23(3)43-32)45-31-29(37)27(35)25(33)22(2)42-31/h22-37H,4-21H2,1-3H3,(H,38,39,40)/t22-,23-,24+,25+,26+,27+,28+,29-,30-,31-,32-/m0/s1. The fraction of sp³-hybridized carbons (Fsp3) is 1.00. The Morgan fingerprint density at radius 2 is 1.07 bits per heavy atom. The second kappa shape index (κ2) is 22.3. The Labute approximate surface area is 275 Å². The number of rotatable bonds is 24. The maximum atomic E-state index is 10.9. The Morgan fingerprint density at radius 3 is 1.59 bits per heavy atom. The van der Waals surface area contributed by atoms with Gasteiger partial charge in [0.25, 0.3) is 0 Å². The normalized spacial score (nSPS) is 32.9. The fourth-order valence-corrected chi connectivity index (χ4v) is 6.35. The third-order valence-electron chi connectivity index (χ3n) is 8.99. The molecule has 0 saturated carbocycles. The molecule has 46 heavy (non-hydrogen) atoms. The van der Waals surface area contributed by atoms with Gasteiger partial charge in [-0.25, -0.2) is 4.18 Å². The van der Waals surface area contributed by atoms with Crippen molar-refractivity contribution in [2.75, 3.05) is 6.61 Å². The van der Waals surface area contributed by atoms with Gasteiger partial charge < -0.3 is 44.5 Å². The summed E-state index contributed by atoms with van der Waals surface area (Å²) in [5.41, 5.74) is 0. The van der Waals surface area contributed by atoms with Crippen LogP contribution in [0.5, 0.6) is 0 Å². The van der Waals surface area contributed by atoms with Crippen molar-refractivity contribution in [3.63, 3.8) is 0 Å². The minimum atomic E-state index is -4.32. The summed E-state index contributed by atoms with van der Waals surface area (Å²) in [6, 6.07) is 0. The predicted molar refractivity (Wildman–Crippen MR) is 170 cm³/mol. The van der Waals surface area contributed by atoms with Gasteiger partial charge in [0.15, 0.2) is 12.6 Å². The number of hydrogen-bond donors (Lipinski definition) is 6. The molecular weight excluding hydrogens is 624 g/mol. The molecule has 0 aromatic rings. The van der Waals surface area contributed by atoms with Crippen LogP contribution in [0, 0.1) is 0 Å². The van der Waals surface area contributed by atoms with Crippen LogP contribution in [-0.2, 0) is 33.5 Å². The number of aliphatic hydroxyl groups is 5. The van der Waals surface area contributed by atoms with Crippen molar-refractivity contribution in [3.05, 3.63) is 0 Å². The van der Waals surface area contributed by atoms with E-state index in [2.05, 4.69) is 11.1 Å². The summed E-state index contributed by atoms with van der Waals surface area (Å²) in [6.45, 7) is 5.33. The molecule has 11 atom stereocenters. The monoisotopic (exact) mass is 686 g/mol. The van der Waals surface area contributed by atoms with E-state index in [-0.39, 0.29) is 12.7 Å². The molecule has 13 nitrogen and oxygen atoms in total. The van der Waals surface area contributed by atoms with Gasteiger partial charge in [0, 0.05) is 0 Å². The van der Waals surface area contributed by atoms with E-state index in [9.17, 15) is 34.0 Å². The van der Waals surface area contributed by atoms with Crippen LogP contribution in [0.25, 0.3) is 0 Å². The van der Waals surface area contributed by atoms with Crippen LogP contribution >= 0.6 is 0 Å². The minimum Gasteiger partial charge on any atom is -0.388 e. The van der Waals surface area contributed by atoms with Crippen molar-refractivity contribution in [1.82, 2.24) is 0 Å². The zero-order valence-corrected chi connectivity index (χ0v) is 28.8. The molecule has 2 saturated heterocycles. The Balaban J connectivity index is 1.69. The molecular formula is C32H62O13S. The zero-order chi connectivity index (χ0) is 34.1. The Bertz CT molecular complexity index is 893. The molecule has 0 bridgehead atoms. The molecule has 0 amide bonds. The topological polar surface area (TPSA) is 202 Å². The lowest BCUT2D eigenvalue weighted by atomic mass is 9.97. The second-order valence-electron chi connectivity index (χ2n) is 13.0. The Kier molecular flexibility index (Phi) is 20.2. The first-order valence-corrected chi connectivity index (χ1v) is 18.9. The average molecular weight is 687 g/mol. The van der Waals surface area contributed by atoms with Gasteiger partial charge in [-0.15, -0.1) is 0 Å². The first-order valence-electron chi connectivity index (χ1n) is 17.5. The van der Waals surface area contributed by atoms with Crippen molar-refractivity contribution in [3.8, 4) is 0 Å². The van der Waals surface area contributed by atoms with Gasteiger partial charge in [0.05, 0.1) is 24.9 Å². The highest BCUT2D eigenvalue weighted by molar-refractivity contribution is 7.80. The summed E-state index contributed by atoms with van der Waals surface area (Å²) < 4.78 is 57.6. The molecule has 6 N–H and O–H groups in total. The molecule has 0 radical (unpaired) electrons. The third-order valence-corrected chi connectivity index (χ3v) is 9.46. The summed E-state index contributed by atoms with van der Waals surface area (Å²) >= 11 is 0. The molecule has 0 aromatic carbocycles. The van der Waals surface area contributed by atoms with E-state index >= 15 is 0 Å². The lowest BCUT2D eigenvalue weighted by Crippen LogP contribution is -2.63. The van der Waals surface area contributed by atoms with Crippen molar-refractivity contribution in [1.29, 1.82) is 0 Å². The van der Waals surface area contributed by atoms with E-state index in [0.29, 0.717) is 6.42 Å². The molecule has 2 fully saturated rings. The summed E-state index contributed by atoms with van der Waals surface area (Å²) in [4.78, 5) is 0. The van der Waals surface area contributed by atoms with Gasteiger partial charge in [0.2, 0.25) is 0 Å². The highest BCUT2D eigenvalue weighted by Crippen LogP contribution is 2.31. The smallest absolute Gasteiger partial charge is 0.388 e. The summed E-state index contributed by atoms with van der Waals surface area (Å²) in [6.07, 6.45) is 5.39. The average Bonchev–Trinajstić information content (AvgIpc) is 3.00. The summed E-state index contributed by atoms with van der Waals surface area (Å²) in [5, 5.41) is 52.1. The molecule has 0 spiro atoms. The quantitative estimate of drug-likeness (QED) is 0.0637. The van der Waals surface area contributed by atoms with Gasteiger partial charge in [0.1, 0.15) is 36.6 Å². The molecule has 0 aliphatic carbocycles. The van der Waals surface area contributed by atoms with Crippen LogP contribution < -0.4 is 0 Å². The lowest BCUT2D eigenvalue weighted by Gasteiger charge is -2.46. The van der Waals surface area contributed by atoms with Crippen LogP contribution in [0.2, 0.25) is 0 Å². The second-order valence-corrected chi connectivity index (χ2v) is 14.1. The molecule has 2 aliphatic heterocycles. The minimum absolute atomic E-state index is 0.0327. The van der Waals surface area contributed by atoms with Gasteiger partial charge in [-0.3, -0.25) is 4.55 Å². The van der Waals surface area contributed by atoms with Crippen molar-refractivity contribution >= 4 is 10.4 Å². The highest BCUT2D eigenvalue weighted by atomic mass is 32.3. The summed E-state index contributed by atoms with van der Waals surface area (Å²) in [7, 11) is -4.32. The van der Waals surface area contributed by atoms with Crippen LogP contribution in [0.15, 0.2) is 0 Å².